The van der Waals surface area contributed by atoms with Gasteiger partial charge in [0.05, 0.1) is 18.2 Å². The number of rotatable bonds is 2. The van der Waals surface area contributed by atoms with Gasteiger partial charge in [-0.15, -0.1) is 0 Å². The summed E-state index contributed by atoms with van der Waals surface area (Å²) in [6.07, 6.45) is 2.36. The van der Waals surface area contributed by atoms with Gasteiger partial charge in [-0.1, -0.05) is 19.0 Å². The molecule has 0 aromatic carbocycles. The van der Waals surface area contributed by atoms with Crippen LogP contribution in [0.3, 0.4) is 0 Å². The highest BCUT2D eigenvalue weighted by atomic mass is 16.5. The second-order valence-electron chi connectivity index (χ2n) is 3.97. The Kier molecular flexibility index (Phi) is 3.58. The van der Waals surface area contributed by atoms with Crippen molar-refractivity contribution < 1.29 is 4.74 Å². The second kappa shape index (κ2) is 4.49. The smallest absolute Gasteiger partial charge is 0.0635 e. The number of hydrogen-bond donors (Lipinski definition) is 0. The van der Waals surface area contributed by atoms with E-state index in [1.165, 1.54) is 0 Å². The van der Waals surface area contributed by atoms with Gasteiger partial charge in [0.15, 0.2) is 0 Å². The van der Waals surface area contributed by atoms with Crippen LogP contribution in [0.25, 0.3) is 10.4 Å². The molecule has 0 aromatic heterocycles. The van der Waals surface area contributed by atoms with Gasteiger partial charge in [-0.3, -0.25) is 0 Å². The molecule has 4 heteroatoms. The lowest BCUT2D eigenvalue weighted by atomic mass is 9.94. The molecule has 0 aromatic rings. The summed E-state index contributed by atoms with van der Waals surface area (Å²) in [5.74, 6) is 0.550. The van der Waals surface area contributed by atoms with Crippen LogP contribution in [0.1, 0.15) is 33.6 Å². The number of azide groups is 1. The maximum atomic E-state index is 8.31. The molecule has 1 rings (SSSR count). The third-order valence-corrected chi connectivity index (χ3v) is 2.62. The van der Waals surface area contributed by atoms with E-state index in [4.69, 9.17) is 10.3 Å². The van der Waals surface area contributed by atoms with Crippen molar-refractivity contribution >= 4 is 0 Å². The predicted molar refractivity (Wildman–Crippen MR) is 51.3 cm³/mol. The molecule has 1 aliphatic rings. The molecule has 1 saturated heterocycles. The van der Waals surface area contributed by atoms with Crippen LogP contribution in [-0.4, -0.2) is 18.2 Å². The normalized spacial score (nSPS) is 34.3. The SMILES string of the molecule is CC(C)C1CCC(N=[N+]=[N-])C(C)O1. The molecule has 0 radical (unpaired) electrons. The van der Waals surface area contributed by atoms with Gasteiger partial charge in [-0.25, -0.2) is 0 Å². The van der Waals surface area contributed by atoms with Crippen molar-refractivity contribution in [2.24, 2.45) is 11.0 Å². The third-order valence-electron chi connectivity index (χ3n) is 2.62. The van der Waals surface area contributed by atoms with Crippen LogP contribution in [0.5, 0.6) is 0 Å². The zero-order valence-corrected chi connectivity index (χ0v) is 8.47. The van der Waals surface area contributed by atoms with Gasteiger partial charge >= 0.3 is 0 Å². The molecule has 4 nitrogen and oxygen atoms in total. The first-order valence-electron chi connectivity index (χ1n) is 4.84. The second-order valence-corrected chi connectivity index (χ2v) is 3.97. The molecular weight excluding hydrogens is 166 g/mol. The van der Waals surface area contributed by atoms with E-state index in [0.717, 1.165) is 12.8 Å². The van der Waals surface area contributed by atoms with E-state index in [2.05, 4.69) is 23.9 Å². The topological polar surface area (TPSA) is 58.0 Å². The standard InChI is InChI=1S/C9H17N3O/c1-6(2)9-5-4-8(11-12-10)7(3)13-9/h6-9H,4-5H2,1-3H3. The fraction of sp³-hybridized carbons (Fsp3) is 1.00. The van der Waals surface area contributed by atoms with Crippen molar-refractivity contribution in [3.05, 3.63) is 10.4 Å². The minimum atomic E-state index is 0.0278. The quantitative estimate of drug-likeness (QED) is 0.369. The summed E-state index contributed by atoms with van der Waals surface area (Å²) >= 11 is 0. The van der Waals surface area contributed by atoms with Crippen molar-refractivity contribution in [3.63, 3.8) is 0 Å². The van der Waals surface area contributed by atoms with Crippen molar-refractivity contribution in [1.82, 2.24) is 0 Å². The Labute approximate surface area is 78.9 Å². The Hall–Kier alpha value is -0.730. The van der Waals surface area contributed by atoms with E-state index in [1.54, 1.807) is 0 Å². The molecule has 1 heterocycles. The fourth-order valence-electron chi connectivity index (χ4n) is 1.71. The highest BCUT2D eigenvalue weighted by Gasteiger charge is 2.28. The summed E-state index contributed by atoms with van der Waals surface area (Å²) in [4.78, 5) is 2.82. The number of hydrogen-bond acceptors (Lipinski definition) is 2. The Morgan fingerprint density at radius 3 is 2.62 bits per heavy atom. The predicted octanol–water partition coefficient (Wildman–Crippen LogP) is 2.89. The van der Waals surface area contributed by atoms with Crippen molar-refractivity contribution in [2.75, 3.05) is 0 Å². The zero-order chi connectivity index (χ0) is 9.84. The van der Waals surface area contributed by atoms with Gasteiger partial charge in [0, 0.05) is 4.91 Å². The van der Waals surface area contributed by atoms with Crippen LogP contribution < -0.4 is 0 Å². The van der Waals surface area contributed by atoms with Crippen LogP contribution in [0.4, 0.5) is 0 Å². The van der Waals surface area contributed by atoms with Gasteiger partial charge in [0.25, 0.3) is 0 Å². The van der Waals surface area contributed by atoms with Crippen LogP contribution in [0.15, 0.2) is 5.11 Å². The minimum Gasteiger partial charge on any atom is -0.375 e. The van der Waals surface area contributed by atoms with Gasteiger partial charge in [0.1, 0.15) is 0 Å². The highest BCUT2D eigenvalue weighted by Crippen LogP contribution is 2.26. The van der Waals surface area contributed by atoms with Crippen molar-refractivity contribution in [1.29, 1.82) is 0 Å². The average molecular weight is 183 g/mol. The molecule has 3 unspecified atom stereocenters. The van der Waals surface area contributed by atoms with Gasteiger partial charge < -0.3 is 4.74 Å². The van der Waals surface area contributed by atoms with Crippen LogP contribution in [0.2, 0.25) is 0 Å². The third kappa shape index (κ3) is 2.61. The summed E-state index contributed by atoms with van der Waals surface area (Å²) in [5.41, 5.74) is 8.31. The maximum Gasteiger partial charge on any atom is 0.0635 e. The van der Waals surface area contributed by atoms with E-state index < -0.39 is 0 Å². The zero-order valence-electron chi connectivity index (χ0n) is 8.47. The van der Waals surface area contributed by atoms with E-state index >= 15 is 0 Å². The van der Waals surface area contributed by atoms with Gasteiger partial charge in [0.2, 0.25) is 0 Å². The lowest BCUT2D eigenvalue weighted by Crippen LogP contribution is -2.37. The van der Waals surface area contributed by atoms with E-state index in [1.807, 2.05) is 6.92 Å². The summed E-state index contributed by atoms with van der Waals surface area (Å²) in [7, 11) is 0. The van der Waals surface area contributed by atoms with Crippen molar-refractivity contribution in [2.45, 2.75) is 51.9 Å². The molecule has 0 saturated carbocycles. The Bertz CT molecular complexity index is 211. The number of nitrogens with zero attached hydrogens (tertiary/aromatic N) is 3. The molecule has 0 aliphatic carbocycles. The van der Waals surface area contributed by atoms with Crippen molar-refractivity contribution in [3.8, 4) is 0 Å². The van der Waals surface area contributed by atoms with Crippen LogP contribution >= 0.6 is 0 Å². The maximum absolute atomic E-state index is 8.31. The lowest BCUT2D eigenvalue weighted by Gasteiger charge is -2.34. The monoisotopic (exact) mass is 183 g/mol. The molecule has 1 fully saturated rings. The average Bonchev–Trinajstić information content (AvgIpc) is 2.08. The molecular formula is C9H17N3O. The molecule has 3 atom stereocenters. The largest absolute Gasteiger partial charge is 0.375 e. The first kappa shape index (κ1) is 10.4. The number of ether oxygens (including phenoxy) is 1. The minimum absolute atomic E-state index is 0.0278. The van der Waals surface area contributed by atoms with E-state index in [9.17, 15) is 0 Å². The lowest BCUT2D eigenvalue weighted by molar-refractivity contribution is -0.0714. The molecule has 74 valence electrons. The fourth-order valence-corrected chi connectivity index (χ4v) is 1.71. The molecule has 0 amide bonds. The van der Waals surface area contributed by atoms with Gasteiger partial charge in [-0.2, -0.15) is 0 Å². The van der Waals surface area contributed by atoms with Gasteiger partial charge in [-0.05, 0) is 31.2 Å². The van der Waals surface area contributed by atoms with Crippen LogP contribution in [0, 0.1) is 5.92 Å². The summed E-state index contributed by atoms with van der Waals surface area (Å²) in [5, 5.41) is 3.71. The summed E-state index contributed by atoms with van der Waals surface area (Å²) in [6.45, 7) is 6.30. The Morgan fingerprint density at radius 1 is 1.46 bits per heavy atom. The van der Waals surface area contributed by atoms with E-state index in [0.29, 0.717) is 12.0 Å². The molecule has 0 N–H and O–H groups in total. The van der Waals surface area contributed by atoms with E-state index in [-0.39, 0.29) is 12.1 Å². The first-order valence-corrected chi connectivity index (χ1v) is 4.84. The summed E-state index contributed by atoms with van der Waals surface area (Å²) in [6, 6.07) is 0.0278. The molecule has 1 aliphatic heterocycles. The molecule has 0 bridgehead atoms. The molecule has 0 spiro atoms. The first-order chi connectivity index (χ1) is 6.15. The highest BCUT2D eigenvalue weighted by molar-refractivity contribution is 4.82. The molecule has 13 heavy (non-hydrogen) atoms. The Morgan fingerprint density at radius 2 is 2.15 bits per heavy atom. The Balaban J connectivity index is 2.51. The summed E-state index contributed by atoms with van der Waals surface area (Å²) < 4.78 is 5.75. The van der Waals surface area contributed by atoms with Crippen LogP contribution in [-0.2, 0) is 4.74 Å².